The van der Waals surface area contributed by atoms with Crippen LogP contribution in [0.25, 0.3) is 0 Å². The number of nitrogens with one attached hydrogen (secondary N) is 2. The molecule has 2 aromatic carbocycles. The maximum absolute atomic E-state index is 12.2. The number of phenolic OH excluding ortho intramolecular Hbond substituents is 1. The number of nitrogens with zero attached hydrogens (tertiary/aromatic N) is 2. The number of primary amides is 1. The molecule has 1 aromatic heterocycles. The van der Waals surface area contributed by atoms with Crippen LogP contribution in [0.3, 0.4) is 0 Å². The number of carbonyl (C=O) groups excluding carboxylic acids is 3. The van der Waals surface area contributed by atoms with Crippen molar-refractivity contribution in [3.63, 3.8) is 0 Å². The number of ketones is 1. The van der Waals surface area contributed by atoms with Crippen molar-refractivity contribution < 1.29 is 19.5 Å². The highest BCUT2D eigenvalue weighted by Gasteiger charge is 2.18. The highest BCUT2D eigenvalue weighted by Crippen LogP contribution is 2.24. The molecule has 7 N–H and O–H groups in total. The van der Waals surface area contributed by atoms with Gasteiger partial charge in [-0.3, -0.25) is 14.4 Å². The van der Waals surface area contributed by atoms with E-state index >= 15 is 0 Å². The molecular formula is C23H23ClN6O4. The van der Waals surface area contributed by atoms with Crippen molar-refractivity contribution in [3.05, 3.63) is 82.1 Å². The normalized spacial score (nSPS) is 14.6. The Labute approximate surface area is 200 Å². The second-order valence-corrected chi connectivity index (χ2v) is 7.83. The summed E-state index contributed by atoms with van der Waals surface area (Å²) in [6.45, 7) is 1.75. The van der Waals surface area contributed by atoms with E-state index in [0.29, 0.717) is 21.8 Å². The monoisotopic (exact) mass is 482 g/mol. The SMILES string of the molecule is NC(=O)c1ccc(C(=O)c2cc(Cl)ccc2O)cc1.Nc1nccc(C(=O)N[C@H]2CCNC2)n1. The summed E-state index contributed by atoms with van der Waals surface area (Å²) in [4.78, 5) is 42.3. The molecular weight excluding hydrogens is 460 g/mol. The third-order valence-corrected chi connectivity index (χ3v) is 5.17. The zero-order chi connectivity index (χ0) is 24.7. The summed E-state index contributed by atoms with van der Waals surface area (Å²) in [5.74, 6) is -1.17. The molecule has 1 aliphatic rings. The van der Waals surface area contributed by atoms with Crippen LogP contribution in [0.1, 0.15) is 43.2 Å². The van der Waals surface area contributed by atoms with Gasteiger partial charge >= 0.3 is 0 Å². The van der Waals surface area contributed by atoms with Crippen molar-refractivity contribution in [2.45, 2.75) is 12.5 Å². The molecule has 3 aromatic rings. The first-order chi connectivity index (χ1) is 16.2. The number of nitrogens with two attached hydrogens (primary N) is 2. The quantitative estimate of drug-likeness (QED) is 0.340. The molecule has 10 nitrogen and oxygen atoms in total. The van der Waals surface area contributed by atoms with E-state index < -0.39 is 5.91 Å². The first-order valence-corrected chi connectivity index (χ1v) is 10.7. The Morgan fingerprint density at radius 2 is 1.79 bits per heavy atom. The van der Waals surface area contributed by atoms with E-state index in [1.165, 1.54) is 48.7 Å². The topological polar surface area (TPSA) is 173 Å². The van der Waals surface area contributed by atoms with E-state index in [0.717, 1.165) is 19.5 Å². The summed E-state index contributed by atoms with van der Waals surface area (Å²) in [7, 11) is 0. The van der Waals surface area contributed by atoms with Crippen molar-refractivity contribution in [3.8, 4) is 5.75 Å². The average molecular weight is 483 g/mol. The van der Waals surface area contributed by atoms with Crippen molar-refractivity contribution in [2.24, 2.45) is 5.73 Å². The first kappa shape index (κ1) is 24.6. The first-order valence-electron chi connectivity index (χ1n) is 10.3. The Bertz CT molecular complexity index is 1200. The van der Waals surface area contributed by atoms with Crippen LogP contribution in [-0.4, -0.2) is 51.8 Å². The Balaban J connectivity index is 0.000000196. The van der Waals surface area contributed by atoms with E-state index in [9.17, 15) is 19.5 Å². The van der Waals surface area contributed by atoms with Crippen molar-refractivity contribution in [1.82, 2.24) is 20.6 Å². The maximum atomic E-state index is 12.2. The highest BCUT2D eigenvalue weighted by atomic mass is 35.5. The van der Waals surface area contributed by atoms with Crippen molar-refractivity contribution >= 4 is 35.1 Å². The number of phenols is 1. The second-order valence-electron chi connectivity index (χ2n) is 7.40. The highest BCUT2D eigenvalue weighted by molar-refractivity contribution is 6.31. The number of nitrogen functional groups attached to an aromatic ring is 1. The number of aromatic nitrogens is 2. The molecule has 0 bridgehead atoms. The second kappa shape index (κ2) is 11.2. The lowest BCUT2D eigenvalue weighted by atomic mass is 10.0. The van der Waals surface area contributed by atoms with Crippen LogP contribution >= 0.6 is 11.6 Å². The molecule has 0 unspecified atom stereocenters. The number of benzene rings is 2. The molecule has 34 heavy (non-hydrogen) atoms. The van der Waals surface area contributed by atoms with Crippen LogP contribution in [0.4, 0.5) is 5.95 Å². The van der Waals surface area contributed by atoms with E-state index in [1.807, 2.05) is 0 Å². The van der Waals surface area contributed by atoms with Gasteiger partial charge in [0.25, 0.3) is 5.91 Å². The van der Waals surface area contributed by atoms with Crippen LogP contribution in [-0.2, 0) is 0 Å². The Morgan fingerprint density at radius 1 is 1.09 bits per heavy atom. The number of hydrogen-bond acceptors (Lipinski definition) is 8. The summed E-state index contributed by atoms with van der Waals surface area (Å²) < 4.78 is 0. The fourth-order valence-corrected chi connectivity index (χ4v) is 3.34. The molecule has 0 saturated carbocycles. The summed E-state index contributed by atoms with van der Waals surface area (Å²) in [5.41, 5.74) is 11.6. The van der Waals surface area contributed by atoms with E-state index in [2.05, 4.69) is 20.6 Å². The van der Waals surface area contributed by atoms with E-state index in [-0.39, 0.29) is 35.0 Å². The minimum atomic E-state index is -0.565. The van der Waals surface area contributed by atoms with Crippen LogP contribution in [0.15, 0.2) is 54.7 Å². The standard InChI is InChI=1S/C14H10ClNO3.C9H13N5O/c15-10-5-6-12(17)11(7-10)13(18)8-1-3-9(4-2-8)14(16)19;10-9-12-4-2-7(14-9)8(15)13-6-1-3-11-5-6/h1-7,17H,(H2,16,19);2,4,6,11H,1,3,5H2,(H,13,15)(H2,10,12,14)/t;6-/m.0/s1. The van der Waals surface area contributed by atoms with Crippen LogP contribution < -0.4 is 22.1 Å². The van der Waals surface area contributed by atoms with Gasteiger partial charge in [0.15, 0.2) is 5.78 Å². The van der Waals surface area contributed by atoms with Crippen LogP contribution in [0.5, 0.6) is 5.75 Å². The fraction of sp³-hybridized carbons (Fsp3) is 0.174. The van der Waals surface area contributed by atoms with Gasteiger partial charge in [0.1, 0.15) is 11.4 Å². The third-order valence-electron chi connectivity index (χ3n) is 4.94. The predicted octanol–water partition coefficient (Wildman–Crippen LogP) is 1.53. The molecule has 0 spiro atoms. The number of anilines is 1. The minimum absolute atomic E-state index is 0.110. The lowest BCUT2D eigenvalue weighted by Crippen LogP contribution is -2.36. The molecule has 4 rings (SSSR count). The fourth-order valence-electron chi connectivity index (χ4n) is 3.17. The predicted molar refractivity (Wildman–Crippen MR) is 127 cm³/mol. The zero-order valence-electron chi connectivity index (χ0n) is 18.0. The largest absolute Gasteiger partial charge is 0.507 e. The smallest absolute Gasteiger partial charge is 0.270 e. The number of aromatic hydroxyl groups is 1. The molecule has 2 amide bonds. The van der Waals surface area contributed by atoms with Gasteiger partial charge in [0.2, 0.25) is 11.9 Å². The Hall–Kier alpha value is -4.02. The molecule has 176 valence electrons. The number of halogens is 1. The molecule has 1 saturated heterocycles. The van der Waals surface area contributed by atoms with E-state index in [1.54, 1.807) is 6.07 Å². The van der Waals surface area contributed by atoms with Gasteiger partial charge in [-0.15, -0.1) is 0 Å². The van der Waals surface area contributed by atoms with Gasteiger partial charge < -0.3 is 27.2 Å². The molecule has 2 heterocycles. The number of amides is 2. The minimum Gasteiger partial charge on any atom is -0.507 e. The summed E-state index contributed by atoms with van der Waals surface area (Å²) in [6.07, 6.45) is 2.43. The zero-order valence-corrected chi connectivity index (χ0v) is 18.7. The van der Waals surface area contributed by atoms with Gasteiger partial charge in [-0.25, -0.2) is 9.97 Å². The molecule has 1 aliphatic heterocycles. The molecule has 0 radical (unpaired) electrons. The molecule has 1 fully saturated rings. The van der Waals surface area contributed by atoms with Gasteiger partial charge in [0.05, 0.1) is 5.56 Å². The summed E-state index contributed by atoms with van der Waals surface area (Å²) in [6, 6.07) is 11.8. The summed E-state index contributed by atoms with van der Waals surface area (Å²) in [5, 5.41) is 16.1. The lowest BCUT2D eigenvalue weighted by Gasteiger charge is -2.10. The van der Waals surface area contributed by atoms with Gasteiger partial charge in [-0.1, -0.05) is 23.7 Å². The molecule has 0 aliphatic carbocycles. The van der Waals surface area contributed by atoms with Gasteiger partial charge in [-0.05, 0) is 49.4 Å². The van der Waals surface area contributed by atoms with Crippen LogP contribution in [0, 0.1) is 0 Å². The number of carbonyl (C=O) groups is 3. The van der Waals surface area contributed by atoms with E-state index in [4.69, 9.17) is 23.1 Å². The Kier molecular flexibility index (Phi) is 8.12. The number of rotatable bonds is 5. The number of hydrogen-bond donors (Lipinski definition) is 5. The third kappa shape index (κ3) is 6.50. The van der Waals surface area contributed by atoms with Gasteiger partial charge in [0, 0.05) is 34.9 Å². The van der Waals surface area contributed by atoms with Gasteiger partial charge in [-0.2, -0.15) is 0 Å². The Morgan fingerprint density at radius 3 is 2.41 bits per heavy atom. The lowest BCUT2D eigenvalue weighted by molar-refractivity contribution is 0.0933. The molecule has 11 heteroatoms. The average Bonchev–Trinajstić information content (AvgIpc) is 3.34. The van der Waals surface area contributed by atoms with Crippen molar-refractivity contribution in [1.29, 1.82) is 0 Å². The van der Waals surface area contributed by atoms with Crippen LogP contribution in [0.2, 0.25) is 5.02 Å². The maximum Gasteiger partial charge on any atom is 0.270 e. The van der Waals surface area contributed by atoms with Crippen molar-refractivity contribution in [2.75, 3.05) is 18.8 Å². The summed E-state index contributed by atoms with van der Waals surface area (Å²) >= 11 is 5.79. The molecule has 1 atom stereocenters.